The minimum absolute atomic E-state index is 0.0340. The summed E-state index contributed by atoms with van der Waals surface area (Å²) in [5.41, 5.74) is 4.84. The van der Waals surface area contributed by atoms with Gasteiger partial charge in [-0.25, -0.2) is 5.43 Å². The molecule has 1 amide bonds. The predicted octanol–water partition coefficient (Wildman–Crippen LogP) is 6.47. The second-order valence-corrected chi connectivity index (χ2v) is 10.4. The fourth-order valence-electron chi connectivity index (χ4n) is 5.61. The third-order valence-electron chi connectivity index (χ3n) is 7.51. The Morgan fingerprint density at radius 2 is 2.03 bits per heavy atom. The Bertz CT molecular complexity index is 1250. The lowest BCUT2D eigenvalue weighted by Gasteiger charge is -2.15. The largest absolute Gasteiger partial charge is 0.493 e. The van der Waals surface area contributed by atoms with Crippen LogP contribution >= 0.6 is 15.9 Å². The van der Waals surface area contributed by atoms with Gasteiger partial charge in [0, 0.05) is 5.92 Å². The summed E-state index contributed by atoms with van der Waals surface area (Å²) in [5, 5.41) is 6.58. The lowest BCUT2D eigenvalue weighted by atomic mass is 9.90. The summed E-state index contributed by atoms with van der Waals surface area (Å²) in [6.45, 7) is 2.66. The van der Waals surface area contributed by atoms with Crippen molar-refractivity contribution >= 4 is 38.8 Å². The van der Waals surface area contributed by atoms with Crippen molar-refractivity contribution in [3.05, 3.63) is 70.2 Å². The first kappa shape index (κ1) is 22.9. The maximum atomic E-state index is 12.6. The number of nitrogens with one attached hydrogen (secondary N) is 1. The highest BCUT2D eigenvalue weighted by molar-refractivity contribution is 9.10. The number of hydrogen-bond donors (Lipinski definition) is 1. The van der Waals surface area contributed by atoms with Crippen LogP contribution in [0.4, 0.5) is 0 Å². The van der Waals surface area contributed by atoms with Gasteiger partial charge in [-0.05, 0) is 74.1 Å². The molecule has 2 saturated carbocycles. The van der Waals surface area contributed by atoms with Crippen molar-refractivity contribution in [1.29, 1.82) is 0 Å². The zero-order chi connectivity index (χ0) is 23.7. The molecule has 2 aliphatic rings. The zero-order valence-corrected chi connectivity index (χ0v) is 21.1. The number of benzene rings is 3. The van der Waals surface area contributed by atoms with Crippen molar-refractivity contribution in [2.75, 3.05) is 7.11 Å². The number of methoxy groups -OCH3 is 1. The van der Waals surface area contributed by atoms with E-state index in [9.17, 15) is 4.79 Å². The Morgan fingerprint density at radius 1 is 1.21 bits per heavy atom. The van der Waals surface area contributed by atoms with E-state index in [4.69, 9.17) is 9.47 Å². The minimum Gasteiger partial charge on any atom is -0.493 e. The van der Waals surface area contributed by atoms with Crippen LogP contribution in [0, 0.1) is 17.3 Å². The zero-order valence-electron chi connectivity index (χ0n) is 19.5. The summed E-state index contributed by atoms with van der Waals surface area (Å²) in [7, 11) is 1.62. The molecule has 0 radical (unpaired) electrons. The van der Waals surface area contributed by atoms with Gasteiger partial charge in [-0.15, -0.1) is 0 Å². The second kappa shape index (κ2) is 9.41. The van der Waals surface area contributed by atoms with E-state index in [1.54, 1.807) is 13.3 Å². The van der Waals surface area contributed by atoms with Gasteiger partial charge in [0.2, 0.25) is 5.91 Å². The van der Waals surface area contributed by atoms with E-state index < -0.39 is 0 Å². The average molecular weight is 521 g/mol. The van der Waals surface area contributed by atoms with E-state index in [0.29, 0.717) is 24.0 Å². The topological polar surface area (TPSA) is 59.9 Å². The van der Waals surface area contributed by atoms with Crippen molar-refractivity contribution in [3.63, 3.8) is 0 Å². The molecule has 0 bridgehead atoms. The molecule has 0 heterocycles. The van der Waals surface area contributed by atoms with Crippen LogP contribution < -0.4 is 14.9 Å². The van der Waals surface area contributed by atoms with Gasteiger partial charge in [0.25, 0.3) is 0 Å². The van der Waals surface area contributed by atoms with Crippen molar-refractivity contribution in [2.45, 2.75) is 39.2 Å². The number of fused-ring (bicyclic) bond motifs is 2. The molecule has 3 atom stereocenters. The molecule has 6 heteroatoms. The van der Waals surface area contributed by atoms with Crippen LogP contribution in [0.1, 0.15) is 43.7 Å². The summed E-state index contributed by atoms with van der Waals surface area (Å²) < 4.78 is 12.5. The average Bonchev–Trinajstić information content (AvgIpc) is 3.48. The van der Waals surface area contributed by atoms with Crippen LogP contribution in [0.3, 0.4) is 0 Å². The van der Waals surface area contributed by atoms with Gasteiger partial charge in [-0.1, -0.05) is 62.2 Å². The van der Waals surface area contributed by atoms with Gasteiger partial charge < -0.3 is 9.47 Å². The fraction of sp³-hybridized carbons (Fsp3) is 0.357. The number of carbonyl (C=O) groups is 1. The van der Waals surface area contributed by atoms with Gasteiger partial charge >= 0.3 is 0 Å². The van der Waals surface area contributed by atoms with Gasteiger partial charge in [0.15, 0.2) is 11.5 Å². The number of carbonyl (C=O) groups excluding carboxylic acids is 1. The molecule has 3 aromatic carbocycles. The van der Waals surface area contributed by atoms with Crippen molar-refractivity contribution < 1.29 is 14.3 Å². The number of halogens is 1. The first-order valence-corrected chi connectivity index (χ1v) is 12.6. The highest BCUT2D eigenvalue weighted by atomic mass is 79.9. The number of hydrazone groups is 1. The number of hydrogen-bond acceptors (Lipinski definition) is 4. The van der Waals surface area contributed by atoms with Crippen molar-refractivity contribution in [2.24, 2.45) is 22.4 Å². The molecule has 3 unspecified atom stereocenters. The number of nitrogens with zero attached hydrogens (tertiary/aromatic N) is 1. The van der Waals surface area contributed by atoms with Gasteiger partial charge in [0.05, 0.1) is 17.8 Å². The van der Waals surface area contributed by atoms with Gasteiger partial charge in [-0.3, -0.25) is 4.79 Å². The smallest absolute Gasteiger partial charge is 0.244 e. The molecule has 0 saturated heterocycles. The molecule has 176 valence electrons. The van der Waals surface area contributed by atoms with Crippen LogP contribution in [0.25, 0.3) is 10.8 Å². The highest BCUT2D eigenvalue weighted by Gasteiger charge is 2.64. The number of ether oxygens (including phenoxy) is 2. The van der Waals surface area contributed by atoms with Crippen LogP contribution in [-0.2, 0) is 11.4 Å². The van der Waals surface area contributed by atoms with E-state index >= 15 is 0 Å². The summed E-state index contributed by atoms with van der Waals surface area (Å²) in [6, 6.07) is 18.2. The van der Waals surface area contributed by atoms with E-state index in [1.165, 1.54) is 23.6 Å². The van der Waals surface area contributed by atoms with Gasteiger partial charge in [0.1, 0.15) is 6.61 Å². The summed E-state index contributed by atoms with van der Waals surface area (Å²) >= 11 is 3.61. The molecular formula is C28H29BrN2O3. The van der Waals surface area contributed by atoms with Crippen LogP contribution in [0.15, 0.2) is 64.2 Å². The fourth-order valence-corrected chi connectivity index (χ4v) is 6.19. The maximum Gasteiger partial charge on any atom is 0.244 e. The minimum atomic E-state index is 0.0340. The van der Waals surface area contributed by atoms with Crippen molar-refractivity contribution in [3.8, 4) is 11.5 Å². The second-order valence-electron chi connectivity index (χ2n) is 9.53. The van der Waals surface area contributed by atoms with Crippen LogP contribution in [0.2, 0.25) is 0 Å². The van der Waals surface area contributed by atoms with E-state index in [0.717, 1.165) is 28.4 Å². The van der Waals surface area contributed by atoms with E-state index in [2.05, 4.69) is 57.6 Å². The molecule has 34 heavy (non-hydrogen) atoms. The molecule has 2 aliphatic carbocycles. The van der Waals surface area contributed by atoms with E-state index in [-0.39, 0.29) is 17.2 Å². The quantitative estimate of drug-likeness (QED) is 0.287. The summed E-state index contributed by atoms with van der Waals surface area (Å²) in [5.74, 6) is 1.88. The lowest BCUT2D eigenvalue weighted by molar-refractivity contribution is -0.123. The van der Waals surface area contributed by atoms with Gasteiger partial charge in [-0.2, -0.15) is 5.10 Å². The Balaban J connectivity index is 1.26. The first-order chi connectivity index (χ1) is 16.5. The molecule has 1 N–H and O–H groups in total. The number of rotatable bonds is 7. The lowest BCUT2D eigenvalue weighted by Crippen LogP contribution is -2.22. The van der Waals surface area contributed by atoms with Crippen LogP contribution in [-0.4, -0.2) is 19.2 Å². The third-order valence-corrected chi connectivity index (χ3v) is 8.09. The molecule has 0 aliphatic heterocycles. The third kappa shape index (κ3) is 4.31. The van der Waals surface area contributed by atoms with Crippen LogP contribution in [0.5, 0.6) is 11.5 Å². The normalized spacial score (nSPS) is 23.5. The monoisotopic (exact) mass is 520 g/mol. The Kier molecular flexibility index (Phi) is 6.34. The summed E-state index contributed by atoms with van der Waals surface area (Å²) in [6.07, 6.45) is 6.40. The number of amides is 1. The maximum absolute atomic E-state index is 12.6. The standard InChI is InChI=1S/C28H29BrN2O3/c1-28-13-6-5-12-22(28)25(28)27(32)31-30-16-18-14-23(29)26(24(15-18)33-2)34-17-20-10-7-9-19-8-3-4-11-21(19)20/h3-4,7-11,14-16,22,25H,5-6,12-13,17H2,1-2H3,(H,31,32). The highest BCUT2D eigenvalue weighted by Crippen LogP contribution is 2.66. The van der Waals surface area contributed by atoms with E-state index in [1.807, 2.05) is 30.3 Å². The summed E-state index contributed by atoms with van der Waals surface area (Å²) in [4.78, 5) is 12.6. The molecular weight excluding hydrogens is 492 g/mol. The molecule has 5 rings (SSSR count). The van der Waals surface area contributed by atoms with Crippen molar-refractivity contribution in [1.82, 2.24) is 5.43 Å². The molecule has 3 aromatic rings. The Morgan fingerprint density at radius 3 is 2.82 bits per heavy atom. The molecule has 2 fully saturated rings. The Labute approximate surface area is 208 Å². The predicted molar refractivity (Wildman–Crippen MR) is 138 cm³/mol. The molecule has 0 spiro atoms. The molecule has 0 aromatic heterocycles. The first-order valence-electron chi connectivity index (χ1n) is 11.8. The molecule has 5 nitrogen and oxygen atoms in total. The SMILES string of the molecule is COc1cc(C=NNC(=O)C2C3CCCCC32C)cc(Br)c1OCc1cccc2ccccc12. The Hall–Kier alpha value is -2.86.